The highest BCUT2D eigenvalue weighted by Gasteiger charge is 2.35. The average Bonchev–Trinajstić information content (AvgIpc) is 2.63. The van der Waals surface area contributed by atoms with E-state index in [4.69, 9.17) is 0 Å². The summed E-state index contributed by atoms with van der Waals surface area (Å²) < 4.78 is 40.0. The Balaban J connectivity index is 1.98. The van der Waals surface area contributed by atoms with Crippen LogP contribution in [0.2, 0.25) is 0 Å². The van der Waals surface area contributed by atoms with Crippen LogP contribution in [0, 0.1) is 17.0 Å². The molecule has 0 amide bonds. The molecule has 7 nitrogen and oxygen atoms in total. The number of hydrogen-bond donors (Lipinski definition) is 2. The Labute approximate surface area is 157 Å². The van der Waals surface area contributed by atoms with E-state index in [0.717, 1.165) is 11.6 Å². The van der Waals surface area contributed by atoms with E-state index in [9.17, 15) is 23.3 Å². The van der Waals surface area contributed by atoms with Gasteiger partial charge in [-0.1, -0.05) is 24.3 Å². The van der Waals surface area contributed by atoms with Crippen molar-refractivity contribution >= 4 is 28.8 Å². The number of rotatable bonds is 5. The van der Waals surface area contributed by atoms with Crippen molar-refractivity contribution in [2.45, 2.75) is 13.1 Å². The van der Waals surface area contributed by atoms with Gasteiger partial charge in [0.25, 0.3) is 5.69 Å². The number of nitrogens with zero attached hydrogens (tertiary/aromatic N) is 3. The molecular formula is C18H14F3N5O2. The van der Waals surface area contributed by atoms with E-state index in [-0.39, 0.29) is 17.3 Å². The van der Waals surface area contributed by atoms with Crippen molar-refractivity contribution in [2.75, 3.05) is 10.6 Å². The Bertz CT molecular complexity index is 1020. The third-order valence-electron chi connectivity index (χ3n) is 3.81. The lowest BCUT2D eigenvalue weighted by Gasteiger charge is -2.15. The fourth-order valence-corrected chi connectivity index (χ4v) is 2.41. The Morgan fingerprint density at radius 2 is 1.82 bits per heavy atom. The lowest BCUT2D eigenvalue weighted by Crippen LogP contribution is -2.12. The van der Waals surface area contributed by atoms with Gasteiger partial charge in [-0.3, -0.25) is 10.1 Å². The molecule has 1 heterocycles. The molecule has 0 radical (unpaired) electrons. The highest BCUT2D eigenvalue weighted by molar-refractivity contribution is 5.65. The molecule has 28 heavy (non-hydrogen) atoms. The van der Waals surface area contributed by atoms with E-state index in [0.29, 0.717) is 11.9 Å². The fraction of sp³-hybridized carbons (Fsp3) is 0.111. The Kier molecular flexibility index (Phi) is 5.12. The van der Waals surface area contributed by atoms with E-state index in [1.807, 2.05) is 19.1 Å². The van der Waals surface area contributed by atoms with Crippen LogP contribution in [0.1, 0.15) is 11.1 Å². The van der Waals surface area contributed by atoms with Gasteiger partial charge in [0.1, 0.15) is 11.4 Å². The monoisotopic (exact) mass is 389 g/mol. The quantitative estimate of drug-likeness (QED) is 0.460. The maximum absolute atomic E-state index is 13.3. The normalized spacial score (nSPS) is 11.1. The molecule has 0 bridgehead atoms. The van der Waals surface area contributed by atoms with Gasteiger partial charge in [0.05, 0.1) is 4.92 Å². The van der Waals surface area contributed by atoms with Gasteiger partial charge in [0.15, 0.2) is 0 Å². The number of benzene rings is 2. The summed E-state index contributed by atoms with van der Waals surface area (Å²) in [6.45, 7) is 1.83. The molecule has 0 aliphatic heterocycles. The lowest BCUT2D eigenvalue weighted by molar-refractivity contribution is -0.384. The second-order valence-corrected chi connectivity index (χ2v) is 5.83. The number of halogens is 3. The van der Waals surface area contributed by atoms with Gasteiger partial charge in [-0.05, 0) is 24.6 Å². The molecule has 10 heteroatoms. The van der Waals surface area contributed by atoms with E-state index in [1.165, 1.54) is 18.2 Å². The van der Waals surface area contributed by atoms with Crippen LogP contribution < -0.4 is 10.6 Å². The number of alkyl halides is 3. The van der Waals surface area contributed by atoms with Crippen LogP contribution in [0.25, 0.3) is 0 Å². The third kappa shape index (κ3) is 4.34. The fourth-order valence-electron chi connectivity index (χ4n) is 2.41. The summed E-state index contributed by atoms with van der Waals surface area (Å²) in [5.41, 5.74) is 0.253. The lowest BCUT2D eigenvalue weighted by atomic mass is 10.2. The van der Waals surface area contributed by atoms with Crippen molar-refractivity contribution in [1.29, 1.82) is 0 Å². The maximum Gasteiger partial charge on any atom is 0.421 e. The topological polar surface area (TPSA) is 93.0 Å². The van der Waals surface area contributed by atoms with Crippen molar-refractivity contribution in [3.63, 3.8) is 0 Å². The van der Waals surface area contributed by atoms with Crippen molar-refractivity contribution in [1.82, 2.24) is 9.97 Å². The first kappa shape index (κ1) is 19.1. The Hall–Kier alpha value is -3.69. The molecule has 0 fully saturated rings. The van der Waals surface area contributed by atoms with Crippen molar-refractivity contribution < 1.29 is 18.1 Å². The molecule has 0 saturated carbocycles. The summed E-state index contributed by atoms with van der Waals surface area (Å²) in [6, 6.07) is 12.3. The number of para-hydroxylation sites is 1. The summed E-state index contributed by atoms with van der Waals surface area (Å²) in [5.74, 6) is -0.561. The smallest absolute Gasteiger partial charge is 0.339 e. The first-order chi connectivity index (χ1) is 13.2. The second kappa shape index (κ2) is 7.51. The van der Waals surface area contributed by atoms with Gasteiger partial charge in [-0.25, -0.2) is 4.98 Å². The number of nitro benzene ring substituents is 1. The van der Waals surface area contributed by atoms with Crippen LogP contribution in [0.5, 0.6) is 0 Å². The van der Waals surface area contributed by atoms with Crippen LogP contribution in [-0.2, 0) is 6.18 Å². The van der Waals surface area contributed by atoms with Gasteiger partial charge in [0.2, 0.25) is 5.95 Å². The maximum atomic E-state index is 13.3. The summed E-state index contributed by atoms with van der Waals surface area (Å²) in [6.07, 6.45) is -4.04. The molecule has 1 aromatic heterocycles. The average molecular weight is 389 g/mol. The van der Waals surface area contributed by atoms with E-state index < -0.39 is 22.5 Å². The zero-order chi connectivity index (χ0) is 20.3. The largest absolute Gasteiger partial charge is 0.421 e. The van der Waals surface area contributed by atoms with E-state index >= 15 is 0 Å². The summed E-state index contributed by atoms with van der Waals surface area (Å²) in [7, 11) is 0. The Morgan fingerprint density at radius 1 is 1.07 bits per heavy atom. The minimum Gasteiger partial charge on any atom is -0.339 e. The predicted molar refractivity (Wildman–Crippen MR) is 97.9 cm³/mol. The third-order valence-corrected chi connectivity index (χ3v) is 3.81. The summed E-state index contributed by atoms with van der Waals surface area (Å²) in [5, 5.41) is 16.3. The highest BCUT2D eigenvalue weighted by Crippen LogP contribution is 2.35. The first-order valence-corrected chi connectivity index (χ1v) is 8.02. The van der Waals surface area contributed by atoms with Crippen LogP contribution in [0.15, 0.2) is 54.7 Å². The Morgan fingerprint density at radius 3 is 2.50 bits per heavy atom. The van der Waals surface area contributed by atoms with Crippen molar-refractivity contribution in [2.24, 2.45) is 0 Å². The zero-order valence-electron chi connectivity index (χ0n) is 14.5. The second-order valence-electron chi connectivity index (χ2n) is 5.83. The van der Waals surface area contributed by atoms with Gasteiger partial charge in [-0.2, -0.15) is 18.2 Å². The number of nitrogens with one attached hydrogen (secondary N) is 2. The molecule has 3 aromatic rings. The van der Waals surface area contributed by atoms with Crippen LogP contribution in [0.3, 0.4) is 0 Å². The first-order valence-electron chi connectivity index (χ1n) is 8.02. The molecule has 0 unspecified atom stereocenters. The molecule has 3 rings (SSSR count). The van der Waals surface area contributed by atoms with Crippen molar-refractivity contribution in [3.8, 4) is 0 Å². The highest BCUT2D eigenvalue weighted by atomic mass is 19.4. The number of nitro groups is 1. The summed E-state index contributed by atoms with van der Waals surface area (Å²) in [4.78, 5) is 17.9. The number of aryl methyl sites for hydroxylation is 1. The number of anilines is 4. The standard InChI is InChI=1S/C18H14F3N5O2/c1-11-5-2-3-8-15(11)24-17-22-10-14(18(19,20)21)16(25-17)23-12-6-4-7-13(9-12)26(27)28/h2-10H,1H3,(H2,22,23,24,25). The molecule has 2 N–H and O–H groups in total. The molecule has 0 atom stereocenters. The van der Waals surface area contributed by atoms with Gasteiger partial charge in [0, 0.05) is 29.7 Å². The number of aromatic nitrogens is 2. The number of hydrogen-bond acceptors (Lipinski definition) is 6. The van der Waals surface area contributed by atoms with E-state index in [2.05, 4.69) is 20.6 Å². The zero-order valence-corrected chi connectivity index (χ0v) is 14.5. The van der Waals surface area contributed by atoms with Gasteiger partial charge in [-0.15, -0.1) is 0 Å². The molecule has 144 valence electrons. The number of non-ortho nitro benzene ring substituents is 1. The van der Waals surface area contributed by atoms with E-state index in [1.54, 1.807) is 12.1 Å². The SMILES string of the molecule is Cc1ccccc1Nc1ncc(C(F)(F)F)c(Nc2cccc([N+](=O)[O-])c2)n1. The van der Waals surface area contributed by atoms with Crippen LogP contribution >= 0.6 is 0 Å². The molecule has 0 spiro atoms. The van der Waals surface area contributed by atoms with Gasteiger partial charge < -0.3 is 10.6 Å². The molecule has 2 aromatic carbocycles. The minimum absolute atomic E-state index is 0.0461. The molecule has 0 aliphatic rings. The van der Waals surface area contributed by atoms with Gasteiger partial charge >= 0.3 is 6.18 Å². The molecule has 0 saturated heterocycles. The predicted octanol–water partition coefficient (Wildman–Crippen LogP) is 5.20. The van der Waals surface area contributed by atoms with Crippen molar-refractivity contribution in [3.05, 3.63) is 76.0 Å². The molecular weight excluding hydrogens is 375 g/mol. The molecule has 0 aliphatic carbocycles. The summed E-state index contributed by atoms with van der Waals surface area (Å²) >= 11 is 0. The minimum atomic E-state index is -4.70. The van der Waals surface area contributed by atoms with Crippen LogP contribution in [-0.4, -0.2) is 14.9 Å². The van der Waals surface area contributed by atoms with Crippen LogP contribution in [0.4, 0.5) is 42.0 Å².